The van der Waals surface area contributed by atoms with Gasteiger partial charge in [0, 0.05) is 0 Å². The minimum atomic E-state index is -1.50. The lowest BCUT2D eigenvalue weighted by molar-refractivity contribution is 0.192. The zero-order valence-electron chi connectivity index (χ0n) is 8.79. The van der Waals surface area contributed by atoms with Gasteiger partial charge in [-0.3, -0.25) is 0 Å². The fourth-order valence-corrected chi connectivity index (χ4v) is 2.55. The maximum absolute atomic E-state index is 13.9. The molecule has 2 unspecified atom stereocenters. The number of fused-ring (bicyclic) bond motifs is 2. The van der Waals surface area contributed by atoms with Crippen LogP contribution < -0.4 is 0 Å². The Morgan fingerprint density at radius 3 is 2.75 bits per heavy atom. The summed E-state index contributed by atoms with van der Waals surface area (Å²) in [5.41, 5.74) is 2.87. The molecule has 0 nitrogen and oxygen atoms in total. The summed E-state index contributed by atoms with van der Waals surface area (Å²) in [6, 6.07) is 7.19. The number of allylic oxidation sites excluding steroid dienone is 4. The third-order valence-corrected chi connectivity index (χ3v) is 3.35. The topological polar surface area (TPSA) is 0 Å². The van der Waals surface area contributed by atoms with Crippen LogP contribution in [0.1, 0.15) is 30.1 Å². The molecule has 0 aromatic heterocycles. The van der Waals surface area contributed by atoms with Crippen molar-refractivity contribution in [3.8, 4) is 0 Å². The predicted octanol–water partition coefficient (Wildman–Crippen LogP) is 4.15. The van der Waals surface area contributed by atoms with E-state index in [0.717, 1.165) is 17.6 Å². The van der Waals surface area contributed by atoms with Crippen LogP contribution >= 0.6 is 0 Å². The molecule has 0 N–H and O–H groups in total. The minimum Gasteiger partial charge on any atom is -0.239 e. The van der Waals surface area contributed by atoms with E-state index in [1.807, 2.05) is 24.3 Å². The predicted molar refractivity (Wildman–Crippen MR) is 60.5 cm³/mol. The Bertz CT molecular complexity index is 485. The zero-order chi connectivity index (χ0) is 11.1. The van der Waals surface area contributed by atoms with Gasteiger partial charge in [-0.05, 0) is 35.1 Å². The van der Waals surface area contributed by atoms with Gasteiger partial charge in [-0.2, -0.15) is 0 Å². The van der Waals surface area contributed by atoms with Crippen LogP contribution in [0.15, 0.2) is 42.0 Å². The van der Waals surface area contributed by atoms with E-state index in [9.17, 15) is 8.78 Å². The van der Waals surface area contributed by atoms with Crippen molar-refractivity contribution < 1.29 is 8.78 Å². The van der Waals surface area contributed by atoms with Gasteiger partial charge in [-0.1, -0.05) is 36.4 Å². The van der Waals surface area contributed by atoms with Crippen molar-refractivity contribution in [3.05, 3.63) is 53.1 Å². The fraction of sp³-hybridized carbons (Fsp3) is 0.286. The number of hydrogen-bond acceptors (Lipinski definition) is 0. The average Bonchev–Trinajstić information content (AvgIpc) is 2.36. The second-order valence-corrected chi connectivity index (χ2v) is 4.27. The highest BCUT2D eigenvalue weighted by Crippen LogP contribution is 2.44. The van der Waals surface area contributed by atoms with Crippen LogP contribution in [-0.4, -0.2) is 6.17 Å². The summed E-state index contributed by atoms with van der Waals surface area (Å²) in [5.74, 6) is 0. The van der Waals surface area contributed by atoms with Crippen LogP contribution in [0.4, 0.5) is 8.78 Å². The lowest BCUT2D eigenvalue weighted by Gasteiger charge is -2.29. The van der Waals surface area contributed by atoms with Crippen LogP contribution in [0.25, 0.3) is 5.57 Å². The second-order valence-electron chi connectivity index (χ2n) is 4.27. The van der Waals surface area contributed by atoms with Crippen molar-refractivity contribution >= 4 is 5.57 Å². The molecule has 1 aromatic rings. The van der Waals surface area contributed by atoms with Gasteiger partial charge in [0.25, 0.3) is 0 Å². The molecule has 0 aliphatic heterocycles. The normalized spacial score (nSPS) is 27.6. The first-order chi connectivity index (χ1) is 7.79. The van der Waals surface area contributed by atoms with Crippen molar-refractivity contribution in [1.82, 2.24) is 0 Å². The molecule has 16 heavy (non-hydrogen) atoms. The lowest BCUT2D eigenvalue weighted by Crippen LogP contribution is -2.21. The summed E-state index contributed by atoms with van der Waals surface area (Å²) in [4.78, 5) is 0. The molecular weight excluding hydrogens is 206 g/mol. The van der Waals surface area contributed by atoms with Crippen molar-refractivity contribution in [2.75, 3.05) is 0 Å². The van der Waals surface area contributed by atoms with Crippen LogP contribution in [-0.2, 0) is 0 Å². The van der Waals surface area contributed by atoms with Gasteiger partial charge in [-0.15, -0.1) is 0 Å². The molecule has 3 rings (SSSR count). The summed E-state index contributed by atoms with van der Waals surface area (Å²) < 4.78 is 27.8. The Morgan fingerprint density at radius 2 is 1.88 bits per heavy atom. The molecule has 0 amide bonds. The monoisotopic (exact) mass is 218 g/mol. The van der Waals surface area contributed by atoms with Gasteiger partial charge in [0.1, 0.15) is 0 Å². The average molecular weight is 218 g/mol. The van der Waals surface area contributed by atoms with E-state index in [0.29, 0.717) is 17.6 Å². The van der Waals surface area contributed by atoms with E-state index in [1.165, 1.54) is 0 Å². The molecule has 82 valence electrons. The molecular formula is C14H12F2. The van der Waals surface area contributed by atoms with Crippen LogP contribution in [0.3, 0.4) is 0 Å². The molecule has 0 bridgehead atoms. The Morgan fingerprint density at radius 1 is 1.06 bits per heavy atom. The van der Waals surface area contributed by atoms with Crippen molar-refractivity contribution in [2.24, 2.45) is 0 Å². The van der Waals surface area contributed by atoms with Gasteiger partial charge in [0.05, 0.1) is 0 Å². The Hall–Kier alpha value is -1.44. The molecule has 0 spiro atoms. The second kappa shape index (κ2) is 3.55. The summed E-state index contributed by atoms with van der Waals surface area (Å²) in [7, 11) is 0. The zero-order valence-corrected chi connectivity index (χ0v) is 8.79. The summed E-state index contributed by atoms with van der Waals surface area (Å²) in [6.45, 7) is 0. The number of hydrogen-bond donors (Lipinski definition) is 0. The van der Waals surface area contributed by atoms with E-state index in [2.05, 4.69) is 0 Å². The highest BCUT2D eigenvalue weighted by molar-refractivity contribution is 5.82. The number of benzene rings is 1. The van der Waals surface area contributed by atoms with Gasteiger partial charge in [0.15, 0.2) is 12.3 Å². The van der Waals surface area contributed by atoms with Gasteiger partial charge >= 0.3 is 0 Å². The molecule has 0 fully saturated rings. The lowest BCUT2D eigenvalue weighted by atomic mass is 9.79. The summed E-state index contributed by atoms with van der Waals surface area (Å²) in [6.07, 6.45) is 2.45. The Kier molecular flexibility index (Phi) is 2.16. The first-order valence-electron chi connectivity index (χ1n) is 5.56. The van der Waals surface area contributed by atoms with Gasteiger partial charge in [0.2, 0.25) is 0 Å². The van der Waals surface area contributed by atoms with Crippen molar-refractivity contribution in [1.29, 1.82) is 0 Å². The van der Waals surface area contributed by atoms with Gasteiger partial charge < -0.3 is 0 Å². The van der Waals surface area contributed by atoms with Crippen LogP contribution in [0.5, 0.6) is 0 Å². The SMILES string of the molecule is FC1C2=C(C=CCC2)c2ccccc2C1F. The number of rotatable bonds is 0. The molecule has 0 radical (unpaired) electrons. The number of halogens is 2. The van der Waals surface area contributed by atoms with E-state index >= 15 is 0 Å². The molecule has 2 aliphatic carbocycles. The standard InChI is InChI=1S/C14H12F2/c15-13-11-7-3-1-5-9(11)10-6-2-4-8-12(10)14(13)16/h1-3,5-7,13-14H,4,8H2. The van der Waals surface area contributed by atoms with Crippen LogP contribution in [0, 0.1) is 0 Å². The minimum absolute atomic E-state index is 0.486. The van der Waals surface area contributed by atoms with Crippen molar-refractivity contribution in [3.63, 3.8) is 0 Å². The molecule has 1 aromatic carbocycles. The molecule has 2 heteroatoms. The van der Waals surface area contributed by atoms with E-state index in [-0.39, 0.29) is 0 Å². The fourth-order valence-electron chi connectivity index (χ4n) is 2.55. The third-order valence-electron chi connectivity index (χ3n) is 3.35. The van der Waals surface area contributed by atoms with Crippen LogP contribution in [0.2, 0.25) is 0 Å². The maximum Gasteiger partial charge on any atom is 0.161 e. The molecule has 0 saturated heterocycles. The molecule has 0 saturated carbocycles. The first-order valence-corrected chi connectivity index (χ1v) is 5.56. The van der Waals surface area contributed by atoms with Crippen molar-refractivity contribution in [2.45, 2.75) is 25.2 Å². The summed E-state index contributed by atoms with van der Waals surface area (Å²) >= 11 is 0. The number of alkyl halides is 2. The highest BCUT2D eigenvalue weighted by Gasteiger charge is 2.35. The Labute approximate surface area is 93.3 Å². The maximum atomic E-state index is 13.9. The van der Waals surface area contributed by atoms with E-state index < -0.39 is 12.3 Å². The molecule has 0 heterocycles. The molecule has 2 atom stereocenters. The highest BCUT2D eigenvalue weighted by atomic mass is 19.2. The quantitative estimate of drug-likeness (QED) is 0.613. The van der Waals surface area contributed by atoms with Gasteiger partial charge in [-0.25, -0.2) is 8.78 Å². The van der Waals surface area contributed by atoms with E-state index in [1.54, 1.807) is 12.1 Å². The largest absolute Gasteiger partial charge is 0.239 e. The third kappa shape index (κ3) is 1.26. The Balaban J connectivity index is 2.24. The first kappa shape index (κ1) is 9.76. The summed E-state index contributed by atoms with van der Waals surface area (Å²) in [5, 5.41) is 0. The van der Waals surface area contributed by atoms with E-state index in [4.69, 9.17) is 0 Å². The molecule has 2 aliphatic rings. The smallest absolute Gasteiger partial charge is 0.161 e.